The lowest BCUT2D eigenvalue weighted by atomic mass is 10.1. The summed E-state index contributed by atoms with van der Waals surface area (Å²) in [4.78, 5) is 0. The number of halogens is 1. The Hall–Kier alpha value is -0.190. The first-order chi connectivity index (χ1) is 8.65. The molecule has 0 spiro atoms. The van der Waals surface area contributed by atoms with Crippen molar-refractivity contribution in [3.8, 4) is 0 Å². The summed E-state index contributed by atoms with van der Waals surface area (Å²) in [6.07, 6.45) is 0. The maximum atomic E-state index is 12.1. The molecule has 0 aliphatic heterocycles. The Kier molecular flexibility index (Phi) is 7.12. The minimum Gasteiger partial charge on any atom is -0.287 e. The van der Waals surface area contributed by atoms with E-state index in [1.165, 1.54) is 0 Å². The predicted octanol–water partition coefficient (Wildman–Crippen LogP) is 4.28. The second-order valence-corrected chi connectivity index (χ2v) is 5.69. The first-order valence-electron chi connectivity index (χ1n) is 5.81. The van der Waals surface area contributed by atoms with Gasteiger partial charge in [0.2, 0.25) is 0 Å². The van der Waals surface area contributed by atoms with Gasteiger partial charge in [0.25, 0.3) is 0 Å². The molecule has 6 heteroatoms. The van der Waals surface area contributed by atoms with E-state index in [0.717, 1.165) is 16.5 Å². The van der Waals surface area contributed by atoms with Gasteiger partial charge in [0.05, 0.1) is 19.8 Å². The van der Waals surface area contributed by atoms with Crippen molar-refractivity contribution in [2.75, 3.05) is 13.2 Å². The number of hydrogen-bond acceptors (Lipinski definition) is 4. The number of rotatable bonds is 8. The van der Waals surface area contributed by atoms with Crippen molar-refractivity contribution >= 4 is 23.8 Å². The summed E-state index contributed by atoms with van der Waals surface area (Å²) < 4.78 is 27.6. The van der Waals surface area contributed by atoms with E-state index in [9.17, 15) is 4.57 Å². The first kappa shape index (κ1) is 15.9. The highest BCUT2D eigenvalue weighted by molar-refractivity contribution is 9.08. The average molecular weight is 337 g/mol. The molecule has 4 nitrogen and oxygen atoms in total. The van der Waals surface area contributed by atoms with Gasteiger partial charge in [0.1, 0.15) is 0 Å². The molecule has 0 fully saturated rings. The van der Waals surface area contributed by atoms with Gasteiger partial charge in [-0.3, -0.25) is 13.6 Å². The normalized spacial score (nSPS) is 11.7. The van der Waals surface area contributed by atoms with E-state index in [0.29, 0.717) is 0 Å². The van der Waals surface area contributed by atoms with Crippen LogP contribution in [0.15, 0.2) is 24.3 Å². The molecule has 0 aliphatic carbocycles. The highest BCUT2D eigenvalue weighted by Gasteiger charge is 2.25. The maximum Gasteiger partial charge on any atom is 0.475 e. The Labute approximate surface area is 116 Å². The Morgan fingerprint density at radius 2 is 1.61 bits per heavy atom. The summed E-state index contributed by atoms with van der Waals surface area (Å²) in [6.45, 7) is 4.29. The van der Waals surface area contributed by atoms with Gasteiger partial charge in [-0.25, -0.2) is 4.57 Å². The Balaban J connectivity index is 2.69. The number of benzene rings is 1. The molecule has 0 saturated carbocycles. The summed E-state index contributed by atoms with van der Waals surface area (Å²) >= 11 is 3.40. The molecule has 0 aromatic heterocycles. The molecule has 0 heterocycles. The molecule has 0 bridgehead atoms. The van der Waals surface area contributed by atoms with E-state index in [-0.39, 0.29) is 19.8 Å². The van der Waals surface area contributed by atoms with E-state index in [2.05, 4.69) is 15.9 Å². The SMILES string of the molecule is CCOP(=O)(OCC)OCc1ccccc1CBr. The Morgan fingerprint density at radius 1 is 1.06 bits per heavy atom. The zero-order chi connectivity index (χ0) is 13.4. The van der Waals surface area contributed by atoms with Crippen LogP contribution >= 0.6 is 23.8 Å². The molecule has 0 saturated heterocycles. The van der Waals surface area contributed by atoms with Crippen LogP contribution in [0.25, 0.3) is 0 Å². The van der Waals surface area contributed by atoms with Crippen molar-refractivity contribution in [1.82, 2.24) is 0 Å². The fraction of sp³-hybridized carbons (Fsp3) is 0.500. The van der Waals surface area contributed by atoms with E-state index in [1.54, 1.807) is 13.8 Å². The molecule has 0 aliphatic rings. The molecule has 1 aromatic carbocycles. The van der Waals surface area contributed by atoms with Gasteiger partial charge in [0, 0.05) is 5.33 Å². The van der Waals surface area contributed by atoms with E-state index in [1.807, 2.05) is 24.3 Å². The van der Waals surface area contributed by atoms with Gasteiger partial charge in [0.15, 0.2) is 0 Å². The molecule has 0 unspecified atom stereocenters. The molecule has 1 rings (SSSR count). The lowest BCUT2D eigenvalue weighted by molar-refractivity contribution is 0.116. The Bertz CT molecular complexity index is 401. The number of hydrogen-bond donors (Lipinski definition) is 0. The maximum absolute atomic E-state index is 12.1. The van der Waals surface area contributed by atoms with Gasteiger partial charge >= 0.3 is 7.82 Å². The molecule has 0 atom stereocenters. The third kappa shape index (κ3) is 4.82. The van der Waals surface area contributed by atoms with Crippen molar-refractivity contribution in [2.24, 2.45) is 0 Å². The smallest absolute Gasteiger partial charge is 0.287 e. The fourth-order valence-electron chi connectivity index (χ4n) is 1.41. The summed E-state index contributed by atoms with van der Waals surface area (Å²) in [5, 5.41) is 0.722. The summed E-state index contributed by atoms with van der Waals surface area (Å²) in [5.74, 6) is 0. The number of phosphoric acid groups is 1. The predicted molar refractivity (Wildman–Crippen MR) is 74.7 cm³/mol. The molecule has 18 heavy (non-hydrogen) atoms. The van der Waals surface area contributed by atoms with Gasteiger partial charge in [-0.05, 0) is 25.0 Å². The lowest BCUT2D eigenvalue weighted by Gasteiger charge is -2.17. The molecule has 0 radical (unpaired) electrons. The van der Waals surface area contributed by atoms with E-state index in [4.69, 9.17) is 13.6 Å². The van der Waals surface area contributed by atoms with Crippen molar-refractivity contribution in [3.05, 3.63) is 35.4 Å². The van der Waals surface area contributed by atoms with Crippen LogP contribution < -0.4 is 0 Å². The van der Waals surface area contributed by atoms with Gasteiger partial charge < -0.3 is 0 Å². The van der Waals surface area contributed by atoms with Gasteiger partial charge in [-0.15, -0.1) is 0 Å². The largest absolute Gasteiger partial charge is 0.475 e. The van der Waals surface area contributed by atoms with Crippen LogP contribution in [0.4, 0.5) is 0 Å². The average Bonchev–Trinajstić information content (AvgIpc) is 2.37. The van der Waals surface area contributed by atoms with Crippen molar-refractivity contribution in [1.29, 1.82) is 0 Å². The minimum absolute atomic E-state index is 0.207. The molecule has 0 amide bonds. The van der Waals surface area contributed by atoms with Crippen molar-refractivity contribution in [2.45, 2.75) is 25.8 Å². The number of alkyl halides is 1. The summed E-state index contributed by atoms with van der Waals surface area (Å²) in [7, 11) is -3.43. The Morgan fingerprint density at radius 3 is 2.11 bits per heavy atom. The third-order valence-corrected chi connectivity index (χ3v) is 4.41. The second kappa shape index (κ2) is 8.08. The standard InChI is InChI=1S/C12H18BrO4P/c1-3-15-18(14,16-4-2)17-10-12-8-6-5-7-11(12)9-13/h5-8H,3-4,9-10H2,1-2H3. The van der Waals surface area contributed by atoms with Crippen molar-refractivity contribution < 1.29 is 18.1 Å². The lowest BCUT2D eigenvalue weighted by Crippen LogP contribution is -2.01. The van der Waals surface area contributed by atoms with Gasteiger partial charge in [-0.2, -0.15) is 0 Å². The number of phosphoric ester groups is 1. The van der Waals surface area contributed by atoms with Crippen molar-refractivity contribution in [3.63, 3.8) is 0 Å². The van der Waals surface area contributed by atoms with Crippen LogP contribution in [0.1, 0.15) is 25.0 Å². The van der Waals surface area contributed by atoms with E-state index >= 15 is 0 Å². The quantitative estimate of drug-likeness (QED) is 0.525. The second-order valence-electron chi connectivity index (χ2n) is 3.46. The van der Waals surface area contributed by atoms with Crippen LogP contribution in [0.5, 0.6) is 0 Å². The minimum atomic E-state index is -3.43. The van der Waals surface area contributed by atoms with E-state index < -0.39 is 7.82 Å². The highest BCUT2D eigenvalue weighted by atomic mass is 79.9. The molecule has 1 aromatic rings. The summed E-state index contributed by atoms with van der Waals surface area (Å²) in [6, 6.07) is 7.78. The molecular formula is C12H18BrO4P. The molecular weight excluding hydrogens is 319 g/mol. The van der Waals surface area contributed by atoms with Crippen LogP contribution in [0, 0.1) is 0 Å². The van der Waals surface area contributed by atoms with Crippen LogP contribution in [0.2, 0.25) is 0 Å². The zero-order valence-corrected chi connectivity index (χ0v) is 13.1. The van der Waals surface area contributed by atoms with Crippen LogP contribution in [-0.4, -0.2) is 13.2 Å². The zero-order valence-electron chi connectivity index (χ0n) is 10.6. The first-order valence-corrected chi connectivity index (χ1v) is 8.39. The molecule has 0 N–H and O–H groups in total. The van der Waals surface area contributed by atoms with Crippen LogP contribution in [-0.2, 0) is 30.1 Å². The topological polar surface area (TPSA) is 44.8 Å². The highest BCUT2D eigenvalue weighted by Crippen LogP contribution is 2.50. The molecule has 102 valence electrons. The van der Waals surface area contributed by atoms with Gasteiger partial charge in [-0.1, -0.05) is 40.2 Å². The van der Waals surface area contributed by atoms with Crippen LogP contribution in [0.3, 0.4) is 0 Å². The monoisotopic (exact) mass is 336 g/mol. The fourth-order valence-corrected chi connectivity index (χ4v) is 3.11. The summed E-state index contributed by atoms with van der Waals surface area (Å²) in [5.41, 5.74) is 2.06. The third-order valence-electron chi connectivity index (χ3n) is 2.21.